The zero-order valence-electron chi connectivity index (χ0n) is 19.1. The number of likely N-dealkylation sites (tertiary alicyclic amines) is 1. The molecule has 0 spiro atoms. The molecule has 0 bridgehead atoms. The molecule has 3 heterocycles. The first-order valence-corrected chi connectivity index (χ1v) is 12.4. The predicted octanol–water partition coefficient (Wildman–Crippen LogP) is 3.01. The number of hydrogen-bond acceptors (Lipinski definition) is 7. The number of rotatable bonds is 8. The molecule has 4 rings (SSSR count). The fraction of sp³-hybridized carbons (Fsp3) is 0.609. The normalized spacial score (nSPS) is 20.8. The van der Waals surface area contributed by atoms with Crippen molar-refractivity contribution in [1.29, 1.82) is 0 Å². The molecule has 1 N–H and O–H groups in total. The lowest BCUT2D eigenvalue weighted by molar-refractivity contribution is -0.126. The van der Waals surface area contributed by atoms with Gasteiger partial charge in [-0.15, -0.1) is 0 Å². The molecule has 8 nitrogen and oxygen atoms in total. The molecule has 10 heteroatoms. The third-order valence-corrected chi connectivity index (χ3v) is 6.97. The highest BCUT2D eigenvalue weighted by molar-refractivity contribution is 6.36. The Balaban J connectivity index is 1.21. The highest BCUT2D eigenvalue weighted by atomic mass is 35.5. The summed E-state index contributed by atoms with van der Waals surface area (Å²) in [5.74, 6) is 1.11. The van der Waals surface area contributed by atoms with Crippen molar-refractivity contribution in [2.45, 2.75) is 25.8 Å². The largest absolute Gasteiger partial charge is 0.356 e. The minimum Gasteiger partial charge on any atom is -0.356 e. The van der Waals surface area contributed by atoms with Gasteiger partial charge in [-0.05, 0) is 57.6 Å². The van der Waals surface area contributed by atoms with Gasteiger partial charge in [0.1, 0.15) is 0 Å². The quantitative estimate of drug-likeness (QED) is 0.565. The van der Waals surface area contributed by atoms with E-state index < -0.39 is 0 Å². The minimum absolute atomic E-state index is 0.00418. The van der Waals surface area contributed by atoms with Gasteiger partial charge in [0.2, 0.25) is 17.6 Å². The highest BCUT2D eigenvalue weighted by Gasteiger charge is 2.27. The van der Waals surface area contributed by atoms with Crippen LogP contribution in [0.15, 0.2) is 22.7 Å². The van der Waals surface area contributed by atoms with Gasteiger partial charge in [0.15, 0.2) is 0 Å². The number of carbonyl (C=O) groups excluding carboxylic acids is 1. The lowest BCUT2D eigenvalue weighted by atomic mass is 9.97. The SMILES string of the molecule is CN1CCN(CCCNC(=O)C2CCCN(Cc3nc(-c4ccc(Cl)cc4Cl)no3)C2)CC1. The van der Waals surface area contributed by atoms with Crippen molar-refractivity contribution in [2.75, 3.05) is 59.4 Å². The Kier molecular flexibility index (Phi) is 8.60. The van der Waals surface area contributed by atoms with Crippen molar-refractivity contribution >= 4 is 29.1 Å². The molecule has 0 radical (unpaired) electrons. The lowest BCUT2D eigenvalue weighted by Crippen LogP contribution is -2.45. The van der Waals surface area contributed by atoms with Gasteiger partial charge >= 0.3 is 0 Å². The summed E-state index contributed by atoms with van der Waals surface area (Å²) in [6, 6.07) is 5.19. The first-order chi connectivity index (χ1) is 16.0. The smallest absolute Gasteiger partial charge is 0.241 e. The van der Waals surface area contributed by atoms with Crippen LogP contribution in [-0.4, -0.2) is 90.2 Å². The van der Waals surface area contributed by atoms with E-state index in [1.807, 2.05) is 0 Å². The van der Waals surface area contributed by atoms with Gasteiger partial charge in [0, 0.05) is 49.9 Å². The number of amides is 1. The third-order valence-electron chi connectivity index (χ3n) is 6.42. The molecule has 33 heavy (non-hydrogen) atoms. The molecule has 1 unspecified atom stereocenters. The number of piperazine rings is 1. The van der Waals surface area contributed by atoms with Gasteiger partial charge < -0.3 is 19.6 Å². The Hall–Kier alpha value is -1.71. The van der Waals surface area contributed by atoms with Crippen LogP contribution in [0.1, 0.15) is 25.2 Å². The van der Waals surface area contributed by atoms with Crippen molar-refractivity contribution in [3.05, 3.63) is 34.1 Å². The number of benzene rings is 1. The Labute approximate surface area is 205 Å². The lowest BCUT2D eigenvalue weighted by Gasteiger charge is -2.32. The summed E-state index contributed by atoms with van der Waals surface area (Å²) in [4.78, 5) is 24.2. The van der Waals surface area contributed by atoms with Crippen LogP contribution in [0, 0.1) is 5.92 Å². The van der Waals surface area contributed by atoms with Crippen molar-refractivity contribution in [3.8, 4) is 11.4 Å². The van der Waals surface area contributed by atoms with Gasteiger partial charge in [-0.2, -0.15) is 4.98 Å². The molecule has 0 aliphatic carbocycles. The summed E-state index contributed by atoms with van der Waals surface area (Å²) >= 11 is 12.2. The number of likely N-dealkylation sites (N-methyl/N-ethyl adjacent to an activating group) is 1. The molecule has 2 aliphatic rings. The van der Waals surface area contributed by atoms with Crippen LogP contribution >= 0.6 is 23.2 Å². The zero-order chi connectivity index (χ0) is 23.2. The number of nitrogens with zero attached hydrogens (tertiary/aromatic N) is 5. The molecule has 2 aromatic rings. The molecule has 0 saturated carbocycles. The third kappa shape index (κ3) is 6.90. The molecular weight excluding hydrogens is 463 g/mol. The van der Waals surface area contributed by atoms with Gasteiger partial charge in [0.25, 0.3) is 0 Å². The van der Waals surface area contributed by atoms with Crippen LogP contribution in [0.3, 0.4) is 0 Å². The summed E-state index contributed by atoms with van der Waals surface area (Å²) < 4.78 is 5.44. The number of hydrogen-bond donors (Lipinski definition) is 1. The fourth-order valence-electron chi connectivity index (χ4n) is 4.43. The second kappa shape index (κ2) is 11.6. The summed E-state index contributed by atoms with van der Waals surface area (Å²) in [7, 11) is 2.16. The van der Waals surface area contributed by atoms with Crippen molar-refractivity contribution < 1.29 is 9.32 Å². The summed E-state index contributed by atoms with van der Waals surface area (Å²) in [6.45, 7) is 8.38. The van der Waals surface area contributed by atoms with E-state index in [9.17, 15) is 4.79 Å². The molecule has 180 valence electrons. The number of carbonyl (C=O) groups is 1. The molecular formula is C23H32Cl2N6O2. The van der Waals surface area contributed by atoms with E-state index in [0.717, 1.165) is 65.1 Å². The van der Waals surface area contributed by atoms with Crippen molar-refractivity contribution in [2.24, 2.45) is 5.92 Å². The maximum Gasteiger partial charge on any atom is 0.241 e. The highest BCUT2D eigenvalue weighted by Crippen LogP contribution is 2.28. The standard InChI is InChI=1S/C23H32Cl2N6O2/c1-29-10-12-30(13-11-29)9-3-7-26-23(32)17-4-2-8-31(15-17)16-21-27-22(28-33-21)19-6-5-18(24)14-20(19)25/h5-6,14,17H,2-4,7-13,15-16H2,1H3,(H,26,32). The first kappa shape index (κ1) is 24.4. The van der Waals surface area contributed by atoms with Crippen molar-refractivity contribution in [1.82, 2.24) is 30.2 Å². The Bertz CT molecular complexity index is 931. The zero-order valence-corrected chi connectivity index (χ0v) is 20.6. The van der Waals surface area contributed by atoms with E-state index in [-0.39, 0.29) is 11.8 Å². The minimum atomic E-state index is -0.00418. The van der Waals surface area contributed by atoms with Crippen LogP contribution in [0.25, 0.3) is 11.4 Å². The molecule has 2 aliphatic heterocycles. The Morgan fingerprint density at radius 3 is 2.79 bits per heavy atom. The van der Waals surface area contributed by atoms with Gasteiger partial charge in [-0.1, -0.05) is 28.4 Å². The Morgan fingerprint density at radius 1 is 1.18 bits per heavy atom. The maximum absolute atomic E-state index is 12.7. The monoisotopic (exact) mass is 494 g/mol. The molecule has 1 aromatic carbocycles. The molecule has 1 amide bonds. The number of aromatic nitrogens is 2. The average molecular weight is 495 g/mol. The fourth-order valence-corrected chi connectivity index (χ4v) is 4.93. The van der Waals surface area contributed by atoms with Gasteiger partial charge in [0.05, 0.1) is 17.5 Å². The molecule has 2 saturated heterocycles. The van der Waals surface area contributed by atoms with E-state index in [1.165, 1.54) is 0 Å². The van der Waals surface area contributed by atoms with Crippen LogP contribution in [0.4, 0.5) is 0 Å². The first-order valence-electron chi connectivity index (χ1n) is 11.7. The second-order valence-electron chi connectivity index (χ2n) is 9.00. The second-order valence-corrected chi connectivity index (χ2v) is 9.84. The molecule has 1 atom stereocenters. The molecule has 1 aromatic heterocycles. The van der Waals surface area contributed by atoms with Crippen LogP contribution in [0.5, 0.6) is 0 Å². The number of halogens is 2. The van der Waals surface area contributed by atoms with Gasteiger partial charge in [-0.3, -0.25) is 9.69 Å². The number of piperidine rings is 1. The van der Waals surface area contributed by atoms with E-state index >= 15 is 0 Å². The van der Waals surface area contributed by atoms with Crippen LogP contribution in [-0.2, 0) is 11.3 Å². The average Bonchev–Trinajstić information content (AvgIpc) is 3.26. The summed E-state index contributed by atoms with van der Waals surface area (Å²) in [5, 5.41) is 8.25. The van der Waals surface area contributed by atoms with Gasteiger partial charge in [-0.25, -0.2) is 0 Å². The summed E-state index contributed by atoms with van der Waals surface area (Å²) in [5.41, 5.74) is 0.684. The van der Waals surface area contributed by atoms with E-state index in [0.29, 0.717) is 40.4 Å². The van der Waals surface area contributed by atoms with Crippen molar-refractivity contribution in [3.63, 3.8) is 0 Å². The predicted molar refractivity (Wildman–Crippen MR) is 129 cm³/mol. The van der Waals surface area contributed by atoms with Crippen LogP contribution in [0.2, 0.25) is 10.0 Å². The Morgan fingerprint density at radius 2 is 2.00 bits per heavy atom. The maximum atomic E-state index is 12.7. The topological polar surface area (TPSA) is 77.7 Å². The molecule has 2 fully saturated rings. The van der Waals surface area contributed by atoms with Crippen LogP contribution < -0.4 is 5.32 Å². The van der Waals surface area contributed by atoms with E-state index in [1.54, 1.807) is 18.2 Å². The number of nitrogens with one attached hydrogen (secondary N) is 1. The summed E-state index contributed by atoms with van der Waals surface area (Å²) in [6.07, 6.45) is 2.88. The van der Waals surface area contributed by atoms with E-state index in [4.69, 9.17) is 27.7 Å². The van der Waals surface area contributed by atoms with E-state index in [2.05, 4.69) is 37.2 Å².